The molecule has 0 heterocycles. The average molecular weight is 279 g/mol. The van der Waals surface area contributed by atoms with E-state index in [1.54, 1.807) is 0 Å². The molecule has 1 aromatic carbocycles. The Bertz CT molecular complexity index is 441. The maximum atomic E-state index is 11.6. The van der Waals surface area contributed by atoms with Crippen LogP contribution in [0.15, 0.2) is 24.3 Å². The Balaban J connectivity index is 2.50. The second kappa shape index (κ2) is 7.09. The number of hydrogen-bond donors (Lipinski definition) is 2. The molecule has 0 aromatic heterocycles. The first-order valence-electron chi connectivity index (χ1n) is 6.26. The summed E-state index contributed by atoms with van der Waals surface area (Å²) in [4.78, 5) is 13.6. The Morgan fingerprint density at radius 3 is 2.32 bits per heavy atom. The van der Waals surface area contributed by atoms with Crippen LogP contribution in [-0.4, -0.2) is 25.1 Å². The van der Waals surface area contributed by atoms with Gasteiger partial charge < -0.3 is 15.5 Å². The molecule has 1 aromatic rings. The first kappa shape index (κ1) is 15.4. The van der Waals surface area contributed by atoms with Crippen LogP contribution in [0.1, 0.15) is 20.3 Å². The third-order valence-electron chi connectivity index (χ3n) is 2.49. The van der Waals surface area contributed by atoms with Crippen LogP contribution in [0.5, 0.6) is 0 Å². The second-order valence-corrected chi connectivity index (χ2v) is 5.45. The van der Waals surface area contributed by atoms with E-state index in [9.17, 15) is 4.79 Å². The molecule has 0 radical (unpaired) electrons. The molecule has 0 aliphatic rings. The Kier molecular flexibility index (Phi) is 5.76. The first-order chi connectivity index (χ1) is 8.88. The third-order valence-corrected chi connectivity index (χ3v) is 2.69. The van der Waals surface area contributed by atoms with Crippen molar-refractivity contribution in [2.75, 3.05) is 24.3 Å². The lowest BCUT2D eigenvalue weighted by molar-refractivity contribution is -0.120. The molecule has 2 N–H and O–H groups in total. The van der Waals surface area contributed by atoms with Crippen LogP contribution in [0, 0.1) is 5.92 Å². The highest BCUT2D eigenvalue weighted by atomic mass is 32.1. The molecule has 4 nitrogen and oxygen atoms in total. The van der Waals surface area contributed by atoms with Gasteiger partial charge in [-0.15, -0.1) is 0 Å². The van der Waals surface area contributed by atoms with Crippen molar-refractivity contribution in [2.45, 2.75) is 20.3 Å². The van der Waals surface area contributed by atoms with Crippen LogP contribution in [0.25, 0.3) is 0 Å². The van der Waals surface area contributed by atoms with Gasteiger partial charge in [0.15, 0.2) is 5.11 Å². The molecular weight excluding hydrogens is 258 g/mol. The van der Waals surface area contributed by atoms with E-state index in [2.05, 4.69) is 10.6 Å². The van der Waals surface area contributed by atoms with Gasteiger partial charge in [0.25, 0.3) is 0 Å². The summed E-state index contributed by atoms with van der Waals surface area (Å²) in [6.07, 6.45) is 0.474. The molecule has 0 atom stereocenters. The molecule has 0 bridgehead atoms. The van der Waals surface area contributed by atoms with Crippen LogP contribution in [0.2, 0.25) is 0 Å². The molecule has 1 amide bonds. The highest BCUT2D eigenvalue weighted by molar-refractivity contribution is 7.80. The van der Waals surface area contributed by atoms with Crippen molar-refractivity contribution in [3.05, 3.63) is 24.3 Å². The highest BCUT2D eigenvalue weighted by Gasteiger charge is 2.07. The smallest absolute Gasteiger partial charge is 0.226 e. The van der Waals surface area contributed by atoms with E-state index in [4.69, 9.17) is 12.2 Å². The molecule has 0 aliphatic carbocycles. The molecule has 19 heavy (non-hydrogen) atoms. The lowest BCUT2D eigenvalue weighted by Crippen LogP contribution is -2.34. The van der Waals surface area contributed by atoms with Crippen LogP contribution < -0.4 is 15.5 Å². The number of rotatable bonds is 4. The highest BCUT2D eigenvalue weighted by Crippen LogP contribution is 2.15. The fraction of sp³-hybridized carbons (Fsp3) is 0.429. The lowest BCUT2D eigenvalue weighted by Gasteiger charge is -2.14. The first-order valence-corrected chi connectivity index (χ1v) is 6.67. The number of nitrogens with zero attached hydrogens (tertiary/aromatic N) is 1. The SMILES string of the molecule is CC(C)CC(=O)NC(=S)Nc1ccc(N(C)C)cc1. The van der Waals surface area contributed by atoms with E-state index >= 15 is 0 Å². The molecule has 0 unspecified atom stereocenters. The minimum absolute atomic E-state index is 0.0580. The number of carbonyl (C=O) groups excluding carboxylic acids is 1. The van der Waals surface area contributed by atoms with Gasteiger partial charge in [0.1, 0.15) is 0 Å². The van der Waals surface area contributed by atoms with Crippen molar-refractivity contribution in [1.82, 2.24) is 5.32 Å². The van der Waals surface area contributed by atoms with Crippen LogP contribution in [0.3, 0.4) is 0 Å². The van der Waals surface area contributed by atoms with Gasteiger partial charge >= 0.3 is 0 Å². The molecule has 0 saturated heterocycles. The predicted octanol–water partition coefficient (Wildman–Crippen LogP) is 2.61. The number of anilines is 2. The maximum absolute atomic E-state index is 11.6. The molecular formula is C14H21N3OS. The number of hydrogen-bond acceptors (Lipinski definition) is 3. The summed E-state index contributed by atoms with van der Waals surface area (Å²) in [6.45, 7) is 3.99. The van der Waals surface area contributed by atoms with E-state index in [1.807, 2.05) is 57.1 Å². The van der Waals surface area contributed by atoms with Crippen LogP contribution in [0.4, 0.5) is 11.4 Å². The summed E-state index contributed by atoms with van der Waals surface area (Å²) in [5, 5.41) is 6.00. The minimum atomic E-state index is -0.0580. The Labute approximate surface area is 120 Å². The van der Waals surface area contributed by atoms with Gasteiger partial charge in [-0.25, -0.2) is 0 Å². The van der Waals surface area contributed by atoms with Crippen molar-refractivity contribution < 1.29 is 4.79 Å². The molecule has 1 rings (SSSR count). The van der Waals surface area contributed by atoms with Gasteiger partial charge in [-0.2, -0.15) is 0 Å². The van der Waals surface area contributed by atoms with Crippen molar-refractivity contribution in [3.63, 3.8) is 0 Å². The molecule has 0 spiro atoms. The lowest BCUT2D eigenvalue weighted by atomic mass is 10.1. The predicted molar refractivity (Wildman–Crippen MR) is 84.6 cm³/mol. The standard InChI is InChI=1S/C14H21N3OS/c1-10(2)9-13(18)16-14(19)15-11-5-7-12(8-6-11)17(3)4/h5-8,10H,9H2,1-4H3,(H2,15,16,18,19). The van der Waals surface area contributed by atoms with Crippen LogP contribution >= 0.6 is 12.2 Å². The van der Waals surface area contributed by atoms with E-state index in [-0.39, 0.29) is 5.91 Å². The average Bonchev–Trinajstić information content (AvgIpc) is 2.27. The van der Waals surface area contributed by atoms with Crippen molar-refractivity contribution >= 4 is 34.6 Å². The molecule has 5 heteroatoms. The number of nitrogens with one attached hydrogen (secondary N) is 2. The summed E-state index contributed by atoms with van der Waals surface area (Å²) in [5.74, 6) is 0.264. The van der Waals surface area contributed by atoms with Gasteiger partial charge in [0.2, 0.25) is 5.91 Å². The van der Waals surface area contributed by atoms with E-state index in [0.29, 0.717) is 17.5 Å². The van der Waals surface area contributed by atoms with Crippen molar-refractivity contribution in [2.24, 2.45) is 5.92 Å². The number of amides is 1. The fourth-order valence-corrected chi connectivity index (χ4v) is 1.79. The summed E-state index contributed by atoms with van der Waals surface area (Å²) < 4.78 is 0. The number of thiocarbonyl (C=S) groups is 1. The van der Waals surface area contributed by atoms with Crippen molar-refractivity contribution in [1.29, 1.82) is 0 Å². The number of benzene rings is 1. The second-order valence-electron chi connectivity index (χ2n) is 5.04. The fourth-order valence-electron chi connectivity index (χ4n) is 1.55. The quantitative estimate of drug-likeness (QED) is 0.832. The zero-order valence-electron chi connectivity index (χ0n) is 11.9. The zero-order chi connectivity index (χ0) is 14.4. The number of carbonyl (C=O) groups is 1. The molecule has 0 aliphatic heterocycles. The summed E-state index contributed by atoms with van der Waals surface area (Å²) in [6, 6.07) is 7.83. The normalized spacial score (nSPS) is 10.2. The third kappa shape index (κ3) is 5.70. The van der Waals surface area contributed by atoms with Gasteiger partial charge in [-0.1, -0.05) is 13.8 Å². The van der Waals surface area contributed by atoms with Gasteiger partial charge in [0, 0.05) is 31.9 Å². The summed E-state index contributed by atoms with van der Waals surface area (Å²) >= 11 is 5.10. The van der Waals surface area contributed by atoms with Crippen molar-refractivity contribution in [3.8, 4) is 0 Å². The van der Waals surface area contributed by atoms with Gasteiger partial charge in [-0.3, -0.25) is 4.79 Å². The summed E-state index contributed by atoms with van der Waals surface area (Å²) in [5.41, 5.74) is 1.97. The zero-order valence-corrected chi connectivity index (χ0v) is 12.7. The molecule has 104 valence electrons. The monoisotopic (exact) mass is 279 g/mol. The van der Waals surface area contributed by atoms with E-state index in [0.717, 1.165) is 11.4 Å². The maximum Gasteiger partial charge on any atom is 0.226 e. The Morgan fingerprint density at radius 2 is 1.84 bits per heavy atom. The van der Waals surface area contributed by atoms with E-state index in [1.165, 1.54) is 0 Å². The summed E-state index contributed by atoms with van der Waals surface area (Å²) in [7, 11) is 3.97. The van der Waals surface area contributed by atoms with Gasteiger partial charge in [-0.05, 0) is 42.4 Å². The van der Waals surface area contributed by atoms with E-state index < -0.39 is 0 Å². The Morgan fingerprint density at radius 1 is 1.26 bits per heavy atom. The largest absolute Gasteiger partial charge is 0.378 e. The van der Waals surface area contributed by atoms with Gasteiger partial charge in [0.05, 0.1) is 0 Å². The Hall–Kier alpha value is -1.62. The van der Waals surface area contributed by atoms with Crippen LogP contribution in [-0.2, 0) is 4.79 Å². The molecule has 0 fully saturated rings. The topological polar surface area (TPSA) is 44.4 Å². The minimum Gasteiger partial charge on any atom is -0.378 e. The molecule has 0 saturated carbocycles.